The standard InChI is InChI=1S/C14H30N2O2/c1-11(2)15-14(4,10-17)8-12(3)16(5)13-6-7-18-9-13/h11-13,15,17H,6-10H2,1-5H3. The zero-order valence-electron chi connectivity index (χ0n) is 12.6. The number of likely N-dealkylation sites (N-methyl/N-ethyl adjacent to an activating group) is 1. The molecule has 0 aromatic heterocycles. The summed E-state index contributed by atoms with van der Waals surface area (Å²) in [6.45, 7) is 10.5. The Labute approximate surface area is 112 Å². The van der Waals surface area contributed by atoms with E-state index >= 15 is 0 Å². The van der Waals surface area contributed by atoms with Crippen LogP contribution in [-0.4, -0.2) is 60.5 Å². The minimum Gasteiger partial charge on any atom is -0.394 e. The molecule has 0 aromatic carbocycles. The van der Waals surface area contributed by atoms with Gasteiger partial charge in [-0.1, -0.05) is 13.8 Å². The lowest BCUT2D eigenvalue weighted by molar-refractivity contribution is 0.0921. The van der Waals surface area contributed by atoms with Gasteiger partial charge in [-0.05, 0) is 33.7 Å². The van der Waals surface area contributed by atoms with Crippen molar-refractivity contribution in [1.29, 1.82) is 0 Å². The van der Waals surface area contributed by atoms with Crippen LogP contribution in [0.15, 0.2) is 0 Å². The number of ether oxygens (including phenoxy) is 1. The molecule has 18 heavy (non-hydrogen) atoms. The lowest BCUT2D eigenvalue weighted by atomic mass is 9.92. The Balaban J connectivity index is 2.52. The number of aliphatic hydroxyl groups excluding tert-OH is 1. The van der Waals surface area contributed by atoms with Gasteiger partial charge in [0.1, 0.15) is 0 Å². The number of rotatable bonds is 7. The second kappa shape index (κ2) is 6.85. The molecule has 0 radical (unpaired) electrons. The van der Waals surface area contributed by atoms with Gasteiger partial charge in [-0.2, -0.15) is 0 Å². The summed E-state index contributed by atoms with van der Waals surface area (Å²) in [5, 5.41) is 13.1. The van der Waals surface area contributed by atoms with Gasteiger partial charge < -0.3 is 15.2 Å². The third kappa shape index (κ3) is 4.50. The lowest BCUT2D eigenvalue weighted by Crippen LogP contribution is -2.53. The molecule has 4 heteroatoms. The molecule has 0 saturated carbocycles. The molecule has 108 valence electrons. The first kappa shape index (κ1) is 15.9. The van der Waals surface area contributed by atoms with Gasteiger partial charge >= 0.3 is 0 Å². The van der Waals surface area contributed by atoms with Crippen LogP contribution in [0.2, 0.25) is 0 Å². The molecule has 0 aliphatic carbocycles. The maximum absolute atomic E-state index is 9.62. The normalized spacial score (nSPS) is 25.7. The van der Waals surface area contributed by atoms with Crippen molar-refractivity contribution in [2.24, 2.45) is 0 Å². The van der Waals surface area contributed by atoms with E-state index in [1.807, 2.05) is 0 Å². The third-order valence-corrected chi connectivity index (χ3v) is 3.91. The molecule has 0 spiro atoms. The highest BCUT2D eigenvalue weighted by molar-refractivity contribution is 4.89. The quantitative estimate of drug-likeness (QED) is 0.721. The Bertz CT molecular complexity index is 242. The zero-order valence-corrected chi connectivity index (χ0v) is 12.6. The summed E-state index contributed by atoms with van der Waals surface area (Å²) < 4.78 is 5.44. The molecule has 1 saturated heterocycles. The topological polar surface area (TPSA) is 44.7 Å². The van der Waals surface area contributed by atoms with Gasteiger partial charge in [-0.15, -0.1) is 0 Å². The van der Waals surface area contributed by atoms with Crippen molar-refractivity contribution in [2.75, 3.05) is 26.9 Å². The average Bonchev–Trinajstić information content (AvgIpc) is 2.80. The van der Waals surface area contributed by atoms with Gasteiger partial charge in [0.2, 0.25) is 0 Å². The summed E-state index contributed by atoms with van der Waals surface area (Å²) in [4.78, 5) is 2.39. The van der Waals surface area contributed by atoms with E-state index in [-0.39, 0.29) is 12.1 Å². The molecule has 0 aromatic rings. The average molecular weight is 258 g/mol. The van der Waals surface area contributed by atoms with E-state index in [4.69, 9.17) is 4.74 Å². The van der Waals surface area contributed by atoms with Crippen LogP contribution in [0.25, 0.3) is 0 Å². The molecule has 0 bridgehead atoms. The predicted octanol–water partition coefficient (Wildman–Crippen LogP) is 1.23. The molecule has 4 nitrogen and oxygen atoms in total. The van der Waals surface area contributed by atoms with Crippen molar-refractivity contribution in [1.82, 2.24) is 10.2 Å². The van der Waals surface area contributed by atoms with Crippen LogP contribution < -0.4 is 5.32 Å². The van der Waals surface area contributed by atoms with Gasteiger partial charge in [0.25, 0.3) is 0 Å². The monoisotopic (exact) mass is 258 g/mol. The van der Waals surface area contributed by atoms with E-state index in [9.17, 15) is 5.11 Å². The summed E-state index contributed by atoms with van der Waals surface area (Å²) in [7, 11) is 2.16. The van der Waals surface area contributed by atoms with E-state index < -0.39 is 0 Å². The minimum absolute atomic E-state index is 0.171. The van der Waals surface area contributed by atoms with Crippen LogP contribution >= 0.6 is 0 Å². The molecule has 1 aliphatic rings. The maximum Gasteiger partial charge on any atom is 0.0622 e. The number of aliphatic hydroxyl groups is 1. The highest BCUT2D eigenvalue weighted by Gasteiger charge is 2.31. The molecule has 1 heterocycles. The smallest absolute Gasteiger partial charge is 0.0622 e. The minimum atomic E-state index is -0.207. The van der Waals surface area contributed by atoms with Crippen LogP contribution in [-0.2, 0) is 4.74 Å². The van der Waals surface area contributed by atoms with Crippen molar-refractivity contribution in [3.8, 4) is 0 Å². The number of hydrogen-bond donors (Lipinski definition) is 2. The van der Waals surface area contributed by atoms with Gasteiger partial charge in [0, 0.05) is 30.3 Å². The first-order valence-electron chi connectivity index (χ1n) is 7.06. The molecule has 3 atom stereocenters. The molecule has 3 unspecified atom stereocenters. The van der Waals surface area contributed by atoms with Crippen LogP contribution in [0.4, 0.5) is 0 Å². The predicted molar refractivity (Wildman–Crippen MR) is 74.8 cm³/mol. The summed E-state index contributed by atoms with van der Waals surface area (Å²) >= 11 is 0. The van der Waals surface area contributed by atoms with E-state index in [1.54, 1.807) is 0 Å². The Morgan fingerprint density at radius 3 is 2.56 bits per heavy atom. The van der Waals surface area contributed by atoms with Crippen LogP contribution in [0, 0.1) is 0 Å². The van der Waals surface area contributed by atoms with Crippen LogP contribution in [0.1, 0.15) is 40.5 Å². The molecule has 0 amide bonds. The number of hydrogen-bond acceptors (Lipinski definition) is 4. The Hall–Kier alpha value is -0.160. The van der Waals surface area contributed by atoms with E-state index in [0.717, 1.165) is 26.1 Å². The van der Waals surface area contributed by atoms with Crippen molar-refractivity contribution < 1.29 is 9.84 Å². The first-order chi connectivity index (χ1) is 8.38. The maximum atomic E-state index is 9.62. The van der Waals surface area contributed by atoms with Gasteiger partial charge in [-0.25, -0.2) is 0 Å². The summed E-state index contributed by atoms with van der Waals surface area (Å²) in [6, 6.07) is 1.34. The second-order valence-electron chi connectivity index (χ2n) is 6.25. The molecular weight excluding hydrogens is 228 g/mol. The van der Waals surface area contributed by atoms with Gasteiger partial charge in [-0.3, -0.25) is 4.90 Å². The van der Waals surface area contributed by atoms with E-state index in [1.165, 1.54) is 0 Å². The zero-order chi connectivity index (χ0) is 13.8. The lowest BCUT2D eigenvalue weighted by Gasteiger charge is -2.38. The Morgan fingerprint density at radius 1 is 1.44 bits per heavy atom. The Kier molecular flexibility index (Phi) is 6.05. The van der Waals surface area contributed by atoms with Crippen molar-refractivity contribution >= 4 is 0 Å². The van der Waals surface area contributed by atoms with Crippen LogP contribution in [0.3, 0.4) is 0 Å². The first-order valence-corrected chi connectivity index (χ1v) is 7.06. The summed E-state index contributed by atoms with van der Waals surface area (Å²) in [5.41, 5.74) is -0.207. The van der Waals surface area contributed by atoms with Crippen molar-refractivity contribution in [3.63, 3.8) is 0 Å². The summed E-state index contributed by atoms with van der Waals surface area (Å²) in [5.74, 6) is 0. The highest BCUT2D eigenvalue weighted by Crippen LogP contribution is 2.20. The van der Waals surface area contributed by atoms with Gasteiger partial charge in [0.05, 0.1) is 13.2 Å². The van der Waals surface area contributed by atoms with Crippen LogP contribution in [0.5, 0.6) is 0 Å². The fraction of sp³-hybridized carbons (Fsp3) is 1.00. The highest BCUT2D eigenvalue weighted by atomic mass is 16.5. The fourth-order valence-electron chi connectivity index (χ4n) is 2.87. The number of nitrogens with zero attached hydrogens (tertiary/aromatic N) is 1. The van der Waals surface area contributed by atoms with E-state index in [0.29, 0.717) is 18.1 Å². The molecular formula is C14H30N2O2. The third-order valence-electron chi connectivity index (χ3n) is 3.91. The molecule has 1 fully saturated rings. The summed E-state index contributed by atoms with van der Waals surface area (Å²) in [6.07, 6.45) is 2.06. The van der Waals surface area contributed by atoms with Crippen molar-refractivity contribution in [3.05, 3.63) is 0 Å². The van der Waals surface area contributed by atoms with Crippen molar-refractivity contribution in [2.45, 2.75) is 64.2 Å². The largest absolute Gasteiger partial charge is 0.394 e. The van der Waals surface area contributed by atoms with E-state index in [2.05, 4.69) is 45.0 Å². The molecule has 2 N–H and O–H groups in total. The SMILES string of the molecule is CC(C)NC(C)(CO)CC(C)N(C)C1CCOC1. The molecule has 1 aliphatic heterocycles. The fourth-order valence-corrected chi connectivity index (χ4v) is 2.87. The second-order valence-corrected chi connectivity index (χ2v) is 6.25. The number of nitrogens with one attached hydrogen (secondary N) is 1. The Morgan fingerprint density at radius 2 is 2.11 bits per heavy atom. The molecule has 1 rings (SSSR count). The van der Waals surface area contributed by atoms with Gasteiger partial charge in [0.15, 0.2) is 0 Å².